The van der Waals surface area contributed by atoms with Crippen molar-refractivity contribution < 1.29 is 19.4 Å². The number of benzene rings is 1. The number of Topliss-reactive ketones (excluding diaryl/α,β-unsaturated/α-hetero) is 1. The number of thiophene rings is 1. The fourth-order valence-electron chi connectivity index (χ4n) is 4.54. The molecule has 2 aliphatic rings. The van der Waals surface area contributed by atoms with E-state index in [4.69, 9.17) is 4.74 Å². The number of para-hydroxylation sites is 1. The number of hydrogen-bond acceptors (Lipinski definition) is 7. The Morgan fingerprint density at radius 1 is 1.12 bits per heavy atom. The average molecular weight is 479 g/mol. The summed E-state index contributed by atoms with van der Waals surface area (Å²) in [5.41, 5.74) is 2.09. The van der Waals surface area contributed by atoms with Crippen LogP contribution in [-0.4, -0.2) is 75.8 Å². The molecule has 2 saturated heterocycles. The molecule has 0 radical (unpaired) electrons. The third-order valence-electron chi connectivity index (χ3n) is 6.38. The number of carbonyl (C=O) groups is 2. The topological polar surface area (TPSA) is 87.9 Å². The number of aromatic nitrogens is 2. The highest BCUT2D eigenvalue weighted by Crippen LogP contribution is 2.41. The van der Waals surface area contributed by atoms with E-state index in [1.165, 1.54) is 11.3 Å². The Morgan fingerprint density at radius 2 is 1.88 bits per heavy atom. The zero-order valence-electron chi connectivity index (χ0n) is 18.9. The van der Waals surface area contributed by atoms with Gasteiger partial charge < -0.3 is 14.7 Å². The zero-order valence-corrected chi connectivity index (χ0v) is 19.7. The molecule has 8 nitrogen and oxygen atoms in total. The van der Waals surface area contributed by atoms with Crippen LogP contribution < -0.4 is 0 Å². The second-order valence-electron chi connectivity index (χ2n) is 8.35. The fourth-order valence-corrected chi connectivity index (χ4v) is 5.39. The molecule has 1 amide bonds. The van der Waals surface area contributed by atoms with Gasteiger partial charge in [-0.1, -0.05) is 24.3 Å². The number of ether oxygens (including phenoxy) is 1. The normalized spacial score (nSPS) is 20.9. The molecule has 0 saturated carbocycles. The molecular weight excluding hydrogens is 452 g/mol. The van der Waals surface area contributed by atoms with Crippen molar-refractivity contribution in [3.05, 3.63) is 75.7 Å². The highest BCUT2D eigenvalue weighted by atomic mass is 32.1. The SMILES string of the molecule is Cc1c(C(O)=C2C(=O)C(=O)N(CCN3CCOCC3)[C@H]2c2cccs2)cnn1-c1ccccc1. The lowest BCUT2D eigenvalue weighted by atomic mass is 10.00. The van der Waals surface area contributed by atoms with Gasteiger partial charge in [-0.05, 0) is 30.5 Å². The van der Waals surface area contributed by atoms with E-state index in [1.54, 1.807) is 15.8 Å². The lowest BCUT2D eigenvalue weighted by Crippen LogP contribution is -2.42. The Balaban J connectivity index is 1.52. The molecule has 2 fully saturated rings. The summed E-state index contributed by atoms with van der Waals surface area (Å²) in [6.45, 7) is 5.80. The van der Waals surface area contributed by atoms with Crippen molar-refractivity contribution in [1.29, 1.82) is 0 Å². The summed E-state index contributed by atoms with van der Waals surface area (Å²) in [5.74, 6) is -1.43. The van der Waals surface area contributed by atoms with E-state index in [0.29, 0.717) is 37.6 Å². The van der Waals surface area contributed by atoms with Crippen LogP contribution in [0.25, 0.3) is 11.4 Å². The first-order chi connectivity index (χ1) is 16.6. The molecule has 4 heterocycles. The molecule has 176 valence electrons. The second-order valence-corrected chi connectivity index (χ2v) is 9.33. The monoisotopic (exact) mass is 478 g/mol. The maximum atomic E-state index is 13.2. The quantitative estimate of drug-likeness (QED) is 0.333. The van der Waals surface area contributed by atoms with Crippen LogP contribution in [0.5, 0.6) is 0 Å². The molecule has 2 aliphatic heterocycles. The number of nitrogens with zero attached hydrogens (tertiary/aromatic N) is 4. The van der Waals surface area contributed by atoms with Crippen molar-refractivity contribution in [3.63, 3.8) is 0 Å². The Morgan fingerprint density at radius 3 is 2.59 bits per heavy atom. The minimum Gasteiger partial charge on any atom is -0.507 e. The van der Waals surface area contributed by atoms with E-state index in [1.807, 2.05) is 54.8 Å². The van der Waals surface area contributed by atoms with Crippen molar-refractivity contribution in [2.45, 2.75) is 13.0 Å². The summed E-state index contributed by atoms with van der Waals surface area (Å²) < 4.78 is 7.12. The van der Waals surface area contributed by atoms with Crippen molar-refractivity contribution in [3.8, 4) is 5.69 Å². The van der Waals surface area contributed by atoms with Gasteiger partial charge in [-0.15, -0.1) is 11.3 Å². The largest absolute Gasteiger partial charge is 0.507 e. The molecule has 2 aromatic heterocycles. The summed E-state index contributed by atoms with van der Waals surface area (Å²) in [7, 11) is 0. The summed E-state index contributed by atoms with van der Waals surface area (Å²) >= 11 is 1.47. The van der Waals surface area contributed by atoms with E-state index in [9.17, 15) is 14.7 Å². The maximum absolute atomic E-state index is 13.2. The van der Waals surface area contributed by atoms with Crippen LogP contribution in [0.4, 0.5) is 0 Å². The first-order valence-corrected chi connectivity index (χ1v) is 12.2. The van der Waals surface area contributed by atoms with Gasteiger partial charge in [0, 0.05) is 31.1 Å². The van der Waals surface area contributed by atoms with E-state index < -0.39 is 17.7 Å². The molecule has 34 heavy (non-hydrogen) atoms. The number of amides is 1. The van der Waals surface area contributed by atoms with Crippen molar-refractivity contribution in [1.82, 2.24) is 19.6 Å². The molecule has 5 rings (SSSR count). The Hall–Kier alpha value is -3.27. The van der Waals surface area contributed by atoms with Gasteiger partial charge >= 0.3 is 0 Å². The summed E-state index contributed by atoms with van der Waals surface area (Å²) in [5, 5.41) is 17.7. The molecule has 3 aromatic rings. The molecule has 1 atom stereocenters. The van der Waals surface area contributed by atoms with Gasteiger partial charge in [-0.3, -0.25) is 14.5 Å². The number of rotatable bonds is 6. The van der Waals surface area contributed by atoms with Gasteiger partial charge in [-0.25, -0.2) is 4.68 Å². The van der Waals surface area contributed by atoms with E-state index in [2.05, 4.69) is 10.00 Å². The average Bonchev–Trinajstić information content (AvgIpc) is 3.58. The van der Waals surface area contributed by atoms with Crippen LogP contribution in [-0.2, 0) is 14.3 Å². The first-order valence-electron chi connectivity index (χ1n) is 11.3. The molecule has 1 N–H and O–H groups in total. The fraction of sp³-hybridized carbons (Fsp3) is 0.320. The van der Waals surface area contributed by atoms with Crippen LogP contribution in [0, 0.1) is 6.92 Å². The Labute approximate surface area is 201 Å². The third kappa shape index (κ3) is 4.06. The van der Waals surface area contributed by atoms with E-state index in [0.717, 1.165) is 23.7 Å². The summed E-state index contributed by atoms with van der Waals surface area (Å²) in [6.07, 6.45) is 1.55. The molecule has 0 spiro atoms. The third-order valence-corrected chi connectivity index (χ3v) is 7.30. The van der Waals surface area contributed by atoms with Crippen molar-refractivity contribution in [2.75, 3.05) is 39.4 Å². The van der Waals surface area contributed by atoms with Crippen LogP contribution in [0.2, 0.25) is 0 Å². The van der Waals surface area contributed by atoms with Gasteiger partial charge in [-0.2, -0.15) is 5.10 Å². The predicted molar refractivity (Wildman–Crippen MR) is 129 cm³/mol. The van der Waals surface area contributed by atoms with Gasteiger partial charge in [0.05, 0.1) is 48.0 Å². The van der Waals surface area contributed by atoms with Gasteiger partial charge in [0.15, 0.2) is 0 Å². The standard InChI is InChI=1S/C25H26N4O4S/c1-17-19(16-26-29(17)18-6-3-2-4-7-18)23(30)21-22(20-8-5-15-34-20)28(25(32)24(21)31)10-9-27-11-13-33-14-12-27/h2-8,15-16,22,30H,9-14H2,1H3/t22-/m0/s1. The Bertz CT molecular complexity index is 1210. The molecule has 9 heteroatoms. The van der Waals surface area contributed by atoms with Crippen LogP contribution in [0.3, 0.4) is 0 Å². The minimum absolute atomic E-state index is 0.116. The van der Waals surface area contributed by atoms with Crippen LogP contribution in [0.1, 0.15) is 22.2 Å². The smallest absolute Gasteiger partial charge is 0.295 e. The molecular formula is C25H26N4O4S. The summed E-state index contributed by atoms with van der Waals surface area (Å²) in [6, 6.07) is 12.7. The molecule has 1 aromatic carbocycles. The molecule has 0 bridgehead atoms. The van der Waals surface area contributed by atoms with Crippen LogP contribution in [0.15, 0.2) is 59.6 Å². The Kier molecular flexibility index (Phi) is 6.32. The lowest BCUT2D eigenvalue weighted by Gasteiger charge is -2.30. The number of likely N-dealkylation sites (tertiary alicyclic amines) is 1. The first kappa shape index (κ1) is 22.5. The van der Waals surface area contributed by atoms with Gasteiger partial charge in [0.25, 0.3) is 11.7 Å². The lowest BCUT2D eigenvalue weighted by molar-refractivity contribution is -0.140. The van der Waals surface area contributed by atoms with Gasteiger partial charge in [0.2, 0.25) is 0 Å². The number of carbonyl (C=O) groups excluding carboxylic acids is 2. The number of ketones is 1. The summed E-state index contributed by atoms with van der Waals surface area (Å²) in [4.78, 5) is 31.0. The van der Waals surface area contributed by atoms with Crippen molar-refractivity contribution >= 4 is 28.8 Å². The molecule has 0 unspecified atom stereocenters. The number of aliphatic hydroxyl groups excluding tert-OH is 1. The van der Waals surface area contributed by atoms with E-state index in [-0.39, 0.29) is 11.3 Å². The number of morpholine rings is 1. The number of hydrogen-bond donors (Lipinski definition) is 1. The highest BCUT2D eigenvalue weighted by molar-refractivity contribution is 7.10. The van der Waals surface area contributed by atoms with Crippen molar-refractivity contribution in [2.24, 2.45) is 0 Å². The predicted octanol–water partition coefficient (Wildman–Crippen LogP) is 3.00. The van der Waals surface area contributed by atoms with Crippen LogP contribution >= 0.6 is 11.3 Å². The minimum atomic E-state index is -0.662. The zero-order chi connectivity index (χ0) is 23.7. The van der Waals surface area contributed by atoms with E-state index >= 15 is 0 Å². The van der Waals surface area contributed by atoms with Gasteiger partial charge in [0.1, 0.15) is 5.76 Å². The second kappa shape index (κ2) is 9.54. The maximum Gasteiger partial charge on any atom is 0.295 e. The molecule has 0 aliphatic carbocycles. The highest BCUT2D eigenvalue weighted by Gasteiger charge is 2.46. The number of aliphatic hydroxyl groups is 1.